The molecule has 1 N–H and O–H groups in total. The second-order valence-corrected chi connectivity index (χ2v) is 3.76. The molecule has 1 aliphatic rings. The molecule has 0 atom stereocenters. The van der Waals surface area contributed by atoms with E-state index in [1.165, 1.54) is 4.90 Å². The molecule has 5 nitrogen and oxygen atoms in total. The van der Waals surface area contributed by atoms with Crippen molar-refractivity contribution in [1.29, 1.82) is 0 Å². The number of amides is 1. The number of halogens is 1. The van der Waals surface area contributed by atoms with Crippen molar-refractivity contribution in [1.82, 2.24) is 14.9 Å². The number of hydrogen-bond acceptors (Lipinski definition) is 3. The number of aromatic nitrogens is 2. The van der Waals surface area contributed by atoms with Crippen LogP contribution in [0.2, 0.25) is 5.28 Å². The molecule has 0 spiro atoms. The molecular weight excluding hydrogens is 230 g/mol. The van der Waals surface area contributed by atoms with E-state index in [1.807, 2.05) is 6.08 Å². The van der Waals surface area contributed by atoms with Crippen molar-refractivity contribution in [2.75, 3.05) is 13.1 Å². The van der Waals surface area contributed by atoms with E-state index < -0.39 is 6.09 Å². The van der Waals surface area contributed by atoms with Crippen molar-refractivity contribution in [3.63, 3.8) is 0 Å². The van der Waals surface area contributed by atoms with Crippen LogP contribution in [0.3, 0.4) is 0 Å². The lowest BCUT2D eigenvalue weighted by Crippen LogP contribution is -2.33. The van der Waals surface area contributed by atoms with Gasteiger partial charge in [0.15, 0.2) is 0 Å². The Kier molecular flexibility index (Phi) is 3.05. The highest BCUT2D eigenvalue weighted by Gasteiger charge is 2.17. The first-order chi connectivity index (χ1) is 7.66. The summed E-state index contributed by atoms with van der Waals surface area (Å²) >= 11 is 5.69. The maximum atomic E-state index is 10.7. The van der Waals surface area contributed by atoms with Gasteiger partial charge in [-0.2, -0.15) is 0 Å². The zero-order valence-corrected chi connectivity index (χ0v) is 9.18. The van der Waals surface area contributed by atoms with Gasteiger partial charge in [0.05, 0.1) is 5.69 Å². The van der Waals surface area contributed by atoms with Crippen molar-refractivity contribution in [3.8, 4) is 0 Å². The van der Waals surface area contributed by atoms with Gasteiger partial charge in [-0.3, -0.25) is 0 Å². The van der Waals surface area contributed by atoms with E-state index in [4.69, 9.17) is 16.7 Å². The number of carbonyl (C=O) groups is 1. The number of hydrogen-bond donors (Lipinski definition) is 1. The molecule has 6 heteroatoms. The average molecular weight is 240 g/mol. The highest BCUT2D eigenvalue weighted by atomic mass is 35.5. The molecule has 2 rings (SSSR count). The van der Waals surface area contributed by atoms with Gasteiger partial charge in [-0.1, -0.05) is 6.08 Å². The third-order valence-electron chi connectivity index (χ3n) is 2.43. The Morgan fingerprint density at radius 1 is 1.56 bits per heavy atom. The van der Waals surface area contributed by atoms with Crippen molar-refractivity contribution in [2.45, 2.75) is 6.42 Å². The minimum absolute atomic E-state index is 0.207. The molecule has 1 aromatic heterocycles. The third-order valence-corrected chi connectivity index (χ3v) is 2.62. The summed E-state index contributed by atoms with van der Waals surface area (Å²) in [7, 11) is 0. The molecule has 2 heterocycles. The summed E-state index contributed by atoms with van der Waals surface area (Å²) in [4.78, 5) is 19.9. The van der Waals surface area contributed by atoms with Crippen LogP contribution in [0.4, 0.5) is 4.79 Å². The standard InChI is InChI=1S/C10H10ClN3O2/c11-9-12-4-1-8(13-9)7-2-5-14(6-3-7)10(15)16/h1-2,4H,3,5-6H2,(H,15,16). The van der Waals surface area contributed by atoms with Crippen molar-refractivity contribution in [3.05, 3.63) is 29.3 Å². The molecule has 0 saturated carbocycles. The van der Waals surface area contributed by atoms with Gasteiger partial charge in [0.25, 0.3) is 0 Å². The summed E-state index contributed by atoms with van der Waals surface area (Å²) in [6, 6.07) is 1.77. The molecule has 16 heavy (non-hydrogen) atoms. The molecule has 0 radical (unpaired) electrons. The van der Waals surface area contributed by atoms with Crippen LogP contribution in [0.1, 0.15) is 12.1 Å². The monoisotopic (exact) mass is 239 g/mol. The lowest BCUT2D eigenvalue weighted by molar-refractivity contribution is 0.150. The van der Waals surface area contributed by atoms with Gasteiger partial charge >= 0.3 is 6.09 Å². The van der Waals surface area contributed by atoms with Crippen LogP contribution in [-0.4, -0.2) is 39.2 Å². The topological polar surface area (TPSA) is 66.3 Å². The van der Waals surface area contributed by atoms with Crippen LogP contribution in [0.25, 0.3) is 5.57 Å². The summed E-state index contributed by atoms with van der Waals surface area (Å²) in [6.45, 7) is 0.884. The maximum absolute atomic E-state index is 10.7. The molecule has 0 unspecified atom stereocenters. The molecule has 0 aliphatic carbocycles. The molecule has 0 saturated heterocycles. The van der Waals surface area contributed by atoms with Crippen molar-refractivity contribution in [2.24, 2.45) is 0 Å². The molecule has 1 aromatic rings. The fourth-order valence-corrected chi connectivity index (χ4v) is 1.74. The first kappa shape index (κ1) is 10.9. The van der Waals surface area contributed by atoms with Crippen LogP contribution in [-0.2, 0) is 0 Å². The Bertz CT molecular complexity index is 447. The van der Waals surface area contributed by atoms with Gasteiger partial charge in [0.1, 0.15) is 0 Å². The fourth-order valence-electron chi connectivity index (χ4n) is 1.59. The predicted molar refractivity (Wildman–Crippen MR) is 59.2 cm³/mol. The molecular formula is C10H10ClN3O2. The quantitative estimate of drug-likeness (QED) is 0.760. The summed E-state index contributed by atoms with van der Waals surface area (Å²) < 4.78 is 0. The van der Waals surface area contributed by atoms with Crippen molar-refractivity contribution < 1.29 is 9.90 Å². The molecule has 1 aliphatic heterocycles. The third kappa shape index (κ3) is 2.30. The van der Waals surface area contributed by atoms with Crippen LogP contribution in [0.15, 0.2) is 18.3 Å². The summed E-state index contributed by atoms with van der Waals surface area (Å²) in [5.74, 6) is 0. The van der Waals surface area contributed by atoms with E-state index in [9.17, 15) is 4.79 Å². The van der Waals surface area contributed by atoms with Gasteiger partial charge in [-0.25, -0.2) is 14.8 Å². The van der Waals surface area contributed by atoms with Gasteiger partial charge < -0.3 is 10.0 Å². The van der Waals surface area contributed by atoms with Crippen LogP contribution >= 0.6 is 11.6 Å². The summed E-state index contributed by atoms with van der Waals surface area (Å²) in [6.07, 6.45) is 3.21. The molecule has 84 valence electrons. The van der Waals surface area contributed by atoms with Crippen LogP contribution < -0.4 is 0 Å². The second kappa shape index (κ2) is 4.49. The van der Waals surface area contributed by atoms with Crippen molar-refractivity contribution >= 4 is 23.3 Å². The van der Waals surface area contributed by atoms with Crippen LogP contribution in [0.5, 0.6) is 0 Å². The largest absolute Gasteiger partial charge is 0.465 e. The van der Waals surface area contributed by atoms with E-state index in [-0.39, 0.29) is 5.28 Å². The lowest BCUT2D eigenvalue weighted by atomic mass is 10.1. The van der Waals surface area contributed by atoms with E-state index in [2.05, 4.69) is 9.97 Å². The minimum Gasteiger partial charge on any atom is -0.465 e. The normalized spacial score (nSPS) is 15.8. The first-order valence-electron chi connectivity index (χ1n) is 4.82. The average Bonchev–Trinajstić information content (AvgIpc) is 2.29. The smallest absolute Gasteiger partial charge is 0.407 e. The number of carboxylic acid groups (broad SMARTS) is 1. The predicted octanol–water partition coefficient (Wildman–Crippen LogP) is 1.90. The highest BCUT2D eigenvalue weighted by molar-refractivity contribution is 6.28. The Labute approximate surface area is 97.4 Å². The lowest BCUT2D eigenvalue weighted by Gasteiger charge is -2.23. The maximum Gasteiger partial charge on any atom is 0.407 e. The van der Waals surface area contributed by atoms with Gasteiger partial charge in [-0.15, -0.1) is 0 Å². The van der Waals surface area contributed by atoms with Crippen LogP contribution in [0, 0.1) is 0 Å². The zero-order valence-electron chi connectivity index (χ0n) is 8.43. The second-order valence-electron chi connectivity index (χ2n) is 3.42. The Morgan fingerprint density at radius 2 is 2.38 bits per heavy atom. The number of rotatable bonds is 1. The SMILES string of the molecule is O=C(O)N1CC=C(c2ccnc(Cl)n2)CC1. The Balaban J connectivity index is 2.16. The number of nitrogens with zero attached hydrogens (tertiary/aromatic N) is 3. The Hall–Kier alpha value is -1.62. The fraction of sp³-hybridized carbons (Fsp3) is 0.300. The molecule has 0 aromatic carbocycles. The van der Waals surface area contributed by atoms with E-state index in [0.29, 0.717) is 19.5 Å². The summed E-state index contributed by atoms with van der Waals surface area (Å²) in [5.41, 5.74) is 1.78. The summed E-state index contributed by atoms with van der Waals surface area (Å²) in [5, 5.41) is 9.00. The highest BCUT2D eigenvalue weighted by Crippen LogP contribution is 2.20. The molecule has 0 fully saturated rings. The van der Waals surface area contributed by atoms with E-state index in [1.54, 1.807) is 12.3 Å². The first-order valence-corrected chi connectivity index (χ1v) is 5.20. The van der Waals surface area contributed by atoms with Gasteiger partial charge in [-0.05, 0) is 29.7 Å². The van der Waals surface area contributed by atoms with Gasteiger partial charge in [0.2, 0.25) is 5.28 Å². The Morgan fingerprint density at radius 3 is 2.94 bits per heavy atom. The van der Waals surface area contributed by atoms with E-state index in [0.717, 1.165) is 11.3 Å². The molecule has 0 bridgehead atoms. The minimum atomic E-state index is -0.893. The van der Waals surface area contributed by atoms with Gasteiger partial charge in [0, 0.05) is 19.3 Å². The zero-order chi connectivity index (χ0) is 11.5. The molecule has 1 amide bonds. The van der Waals surface area contributed by atoms with E-state index >= 15 is 0 Å².